The summed E-state index contributed by atoms with van der Waals surface area (Å²) in [5, 5.41) is 3.45. The van der Waals surface area contributed by atoms with Gasteiger partial charge in [0, 0.05) is 6.04 Å². The van der Waals surface area contributed by atoms with Gasteiger partial charge in [0.25, 0.3) is 0 Å². The number of hydrogen-bond donors (Lipinski definition) is 1. The van der Waals surface area contributed by atoms with Crippen LogP contribution in [0.5, 0.6) is 0 Å². The van der Waals surface area contributed by atoms with Crippen LogP contribution in [0.25, 0.3) is 0 Å². The molecule has 0 aromatic heterocycles. The molecule has 1 atom stereocenters. The fourth-order valence-electron chi connectivity index (χ4n) is 2.44. The number of hydrogen-bond acceptors (Lipinski definition) is 1. The van der Waals surface area contributed by atoms with E-state index in [1.807, 2.05) is 25.1 Å². The molecule has 3 heteroatoms. The molecule has 2 aromatic carbocycles. The van der Waals surface area contributed by atoms with E-state index in [9.17, 15) is 8.78 Å². The number of benzene rings is 2. The molecule has 0 amide bonds. The molecule has 0 saturated heterocycles. The highest BCUT2D eigenvalue weighted by molar-refractivity contribution is 5.26. The third kappa shape index (κ3) is 4.94. The van der Waals surface area contributed by atoms with Crippen LogP contribution in [0, 0.1) is 18.6 Å². The Labute approximate surface area is 125 Å². The van der Waals surface area contributed by atoms with E-state index in [0.29, 0.717) is 6.04 Å². The van der Waals surface area contributed by atoms with Gasteiger partial charge in [0.1, 0.15) is 11.6 Å². The van der Waals surface area contributed by atoms with Crippen molar-refractivity contribution in [2.24, 2.45) is 0 Å². The summed E-state index contributed by atoms with van der Waals surface area (Å²) in [4.78, 5) is 0. The minimum absolute atomic E-state index is 0.186. The molecule has 0 aliphatic carbocycles. The molecule has 21 heavy (non-hydrogen) atoms. The quantitative estimate of drug-likeness (QED) is 0.846. The van der Waals surface area contributed by atoms with Gasteiger partial charge in [-0.2, -0.15) is 0 Å². The zero-order chi connectivity index (χ0) is 15.2. The van der Waals surface area contributed by atoms with Crippen LogP contribution >= 0.6 is 0 Å². The van der Waals surface area contributed by atoms with E-state index in [1.165, 1.54) is 18.2 Å². The van der Waals surface area contributed by atoms with Crippen LogP contribution in [0.15, 0.2) is 42.5 Å². The Hall–Kier alpha value is -1.74. The van der Waals surface area contributed by atoms with Gasteiger partial charge in [0.15, 0.2) is 0 Å². The highest BCUT2D eigenvalue weighted by Gasteiger charge is 2.05. The summed E-state index contributed by atoms with van der Waals surface area (Å²) >= 11 is 0. The maximum Gasteiger partial charge on any atom is 0.123 e. The molecule has 0 fully saturated rings. The van der Waals surface area contributed by atoms with Crippen LogP contribution in [-0.4, -0.2) is 12.6 Å². The first-order valence-electron chi connectivity index (χ1n) is 7.27. The SMILES string of the molecule is Cc1cc(F)ccc1CCNC(C)Cc1ccc(F)cc1. The topological polar surface area (TPSA) is 12.0 Å². The Bertz CT molecular complexity index is 578. The second-order valence-corrected chi connectivity index (χ2v) is 5.51. The Balaban J connectivity index is 1.78. The fraction of sp³-hybridized carbons (Fsp3) is 0.333. The molecule has 1 N–H and O–H groups in total. The minimum Gasteiger partial charge on any atom is -0.314 e. The van der Waals surface area contributed by atoms with Crippen LogP contribution < -0.4 is 5.32 Å². The first-order chi connectivity index (χ1) is 10.0. The molecular weight excluding hydrogens is 268 g/mol. The van der Waals surface area contributed by atoms with E-state index in [1.54, 1.807) is 6.07 Å². The fourth-order valence-corrected chi connectivity index (χ4v) is 2.44. The Kier molecular flexibility index (Phi) is 5.45. The van der Waals surface area contributed by atoms with Crippen LogP contribution in [0.2, 0.25) is 0 Å². The average Bonchev–Trinajstić information content (AvgIpc) is 2.44. The molecule has 112 valence electrons. The molecule has 2 rings (SSSR count). The summed E-state index contributed by atoms with van der Waals surface area (Å²) in [6.45, 7) is 4.88. The molecular formula is C18H21F2N. The van der Waals surface area contributed by atoms with E-state index < -0.39 is 0 Å². The number of nitrogens with one attached hydrogen (secondary N) is 1. The summed E-state index contributed by atoms with van der Waals surface area (Å²) < 4.78 is 25.9. The maximum atomic E-state index is 13.0. The summed E-state index contributed by atoms with van der Waals surface area (Å²) in [6.07, 6.45) is 1.74. The van der Waals surface area contributed by atoms with Crippen molar-refractivity contribution in [1.82, 2.24) is 5.32 Å². The van der Waals surface area contributed by atoms with Gasteiger partial charge in [-0.3, -0.25) is 0 Å². The molecule has 0 aliphatic heterocycles. The zero-order valence-corrected chi connectivity index (χ0v) is 12.5. The van der Waals surface area contributed by atoms with E-state index in [4.69, 9.17) is 0 Å². The van der Waals surface area contributed by atoms with Crippen molar-refractivity contribution in [3.63, 3.8) is 0 Å². The van der Waals surface area contributed by atoms with Crippen LogP contribution in [0.3, 0.4) is 0 Å². The molecule has 0 aliphatic rings. The smallest absolute Gasteiger partial charge is 0.123 e. The molecule has 0 heterocycles. The largest absolute Gasteiger partial charge is 0.314 e. The van der Waals surface area contributed by atoms with E-state index in [-0.39, 0.29) is 11.6 Å². The van der Waals surface area contributed by atoms with Gasteiger partial charge in [-0.15, -0.1) is 0 Å². The lowest BCUT2D eigenvalue weighted by Crippen LogP contribution is -2.30. The third-order valence-corrected chi connectivity index (χ3v) is 3.65. The van der Waals surface area contributed by atoms with Gasteiger partial charge in [-0.25, -0.2) is 8.78 Å². The monoisotopic (exact) mass is 289 g/mol. The first kappa shape index (κ1) is 15.6. The second kappa shape index (κ2) is 7.32. The number of aryl methyl sites for hydroxylation is 1. The predicted octanol–water partition coefficient (Wildman–Crippen LogP) is 4.04. The van der Waals surface area contributed by atoms with Gasteiger partial charge in [0.05, 0.1) is 0 Å². The lowest BCUT2D eigenvalue weighted by molar-refractivity contribution is 0.546. The maximum absolute atomic E-state index is 13.0. The van der Waals surface area contributed by atoms with Crippen molar-refractivity contribution >= 4 is 0 Å². The van der Waals surface area contributed by atoms with Gasteiger partial charge < -0.3 is 5.32 Å². The molecule has 0 radical (unpaired) electrons. The van der Waals surface area contributed by atoms with Crippen LogP contribution in [0.1, 0.15) is 23.6 Å². The van der Waals surface area contributed by atoms with E-state index >= 15 is 0 Å². The van der Waals surface area contributed by atoms with Gasteiger partial charge in [-0.1, -0.05) is 18.2 Å². The molecule has 0 spiro atoms. The highest BCUT2D eigenvalue weighted by Crippen LogP contribution is 2.11. The Morgan fingerprint density at radius 1 is 1.00 bits per heavy atom. The van der Waals surface area contributed by atoms with E-state index in [2.05, 4.69) is 12.2 Å². The van der Waals surface area contributed by atoms with Crippen molar-refractivity contribution in [1.29, 1.82) is 0 Å². The van der Waals surface area contributed by atoms with Gasteiger partial charge >= 0.3 is 0 Å². The minimum atomic E-state index is -0.203. The molecule has 0 saturated carbocycles. The summed E-state index contributed by atoms with van der Waals surface area (Å²) in [6, 6.07) is 11.8. The molecule has 2 aromatic rings. The number of rotatable bonds is 6. The van der Waals surface area contributed by atoms with Gasteiger partial charge in [-0.05, 0) is 74.2 Å². The summed E-state index contributed by atoms with van der Waals surface area (Å²) in [5.41, 5.74) is 3.27. The van der Waals surface area contributed by atoms with E-state index in [0.717, 1.165) is 36.1 Å². The first-order valence-corrected chi connectivity index (χ1v) is 7.27. The van der Waals surface area contributed by atoms with Crippen molar-refractivity contribution in [3.05, 3.63) is 70.8 Å². The van der Waals surface area contributed by atoms with Gasteiger partial charge in [0.2, 0.25) is 0 Å². The van der Waals surface area contributed by atoms with Crippen molar-refractivity contribution < 1.29 is 8.78 Å². The Morgan fingerprint density at radius 2 is 1.67 bits per heavy atom. The predicted molar refractivity (Wildman–Crippen MR) is 82.4 cm³/mol. The Morgan fingerprint density at radius 3 is 2.33 bits per heavy atom. The van der Waals surface area contributed by atoms with Crippen molar-refractivity contribution in [3.8, 4) is 0 Å². The third-order valence-electron chi connectivity index (χ3n) is 3.65. The lowest BCUT2D eigenvalue weighted by atomic mass is 10.0. The number of halogens is 2. The van der Waals surface area contributed by atoms with Crippen molar-refractivity contribution in [2.75, 3.05) is 6.54 Å². The van der Waals surface area contributed by atoms with Crippen molar-refractivity contribution in [2.45, 2.75) is 32.7 Å². The molecule has 0 bridgehead atoms. The summed E-state index contributed by atoms with van der Waals surface area (Å²) in [7, 11) is 0. The zero-order valence-electron chi connectivity index (χ0n) is 12.5. The lowest BCUT2D eigenvalue weighted by Gasteiger charge is -2.14. The standard InChI is InChI=1S/C18H21F2N/c1-13-11-18(20)8-5-16(13)9-10-21-14(2)12-15-3-6-17(19)7-4-15/h3-8,11,14,21H,9-10,12H2,1-2H3. The average molecular weight is 289 g/mol. The van der Waals surface area contributed by atoms with Crippen LogP contribution in [-0.2, 0) is 12.8 Å². The normalized spacial score (nSPS) is 12.4. The van der Waals surface area contributed by atoms with Crippen LogP contribution in [0.4, 0.5) is 8.78 Å². The molecule has 1 unspecified atom stereocenters. The highest BCUT2D eigenvalue weighted by atomic mass is 19.1. The summed E-state index contributed by atoms with van der Waals surface area (Å²) in [5.74, 6) is -0.389. The second-order valence-electron chi connectivity index (χ2n) is 5.51. The molecule has 1 nitrogen and oxygen atoms in total.